The average Bonchev–Trinajstić information content (AvgIpc) is 2.33. The van der Waals surface area contributed by atoms with E-state index in [1.165, 1.54) is 24.8 Å². The van der Waals surface area contributed by atoms with E-state index in [1.807, 2.05) is 39.0 Å². The molecule has 0 N–H and O–H groups in total. The third kappa shape index (κ3) is 11.1. The number of allylic oxidation sites excluding steroid dienone is 4. The quantitative estimate of drug-likeness (QED) is 0.326. The van der Waals surface area contributed by atoms with Crippen molar-refractivity contribution in [1.29, 1.82) is 0 Å². The summed E-state index contributed by atoms with van der Waals surface area (Å²) in [5.41, 5.74) is 1.18. The van der Waals surface area contributed by atoms with Gasteiger partial charge in [0.1, 0.15) is 5.76 Å². The number of ether oxygens (including phenoxy) is 1. The van der Waals surface area contributed by atoms with Crippen molar-refractivity contribution in [2.75, 3.05) is 7.11 Å². The van der Waals surface area contributed by atoms with Crippen LogP contribution in [0, 0.1) is 0 Å². The van der Waals surface area contributed by atoms with Crippen LogP contribution in [-0.2, 0) is 4.74 Å². The molecule has 0 aliphatic carbocycles. The molecule has 0 aromatic heterocycles. The summed E-state index contributed by atoms with van der Waals surface area (Å²) in [5, 5.41) is 0. The highest BCUT2D eigenvalue weighted by Gasteiger charge is 1.91. The highest BCUT2D eigenvalue weighted by molar-refractivity contribution is 5.22. The largest absolute Gasteiger partial charge is 0.497 e. The number of hydrogen-bond donors (Lipinski definition) is 0. The van der Waals surface area contributed by atoms with Crippen LogP contribution in [0.1, 0.15) is 53.4 Å². The molecule has 0 spiro atoms. The van der Waals surface area contributed by atoms with Crippen molar-refractivity contribution in [3.05, 3.63) is 36.1 Å². The zero-order chi connectivity index (χ0) is 12.8. The SMILES string of the molecule is C=C(/C=C\C(=C/C)OC)CCCCC.CC. The molecule has 0 bridgehead atoms. The Morgan fingerprint density at radius 2 is 1.81 bits per heavy atom. The van der Waals surface area contributed by atoms with Gasteiger partial charge in [-0.25, -0.2) is 0 Å². The van der Waals surface area contributed by atoms with Crippen molar-refractivity contribution in [3.8, 4) is 0 Å². The first kappa shape index (κ1) is 17.4. The minimum atomic E-state index is 0.890. The molecule has 0 aliphatic rings. The van der Waals surface area contributed by atoms with Crippen LogP contribution in [0.25, 0.3) is 0 Å². The summed E-state index contributed by atoms with van der Waals surface area (Å²) in [5.74, 6) is 0.890. The first-order valence-electron chi connectivity index (χ1n) is 6.30. The first-order chi connectivity index (χ1) is 7.74. The van der Waals surface area contributed by atoms with Crippen molar-refractivity contribution in [3.63, 3.8) is 0 Å². The molecule has 0 saturated heterocycles. The molecular weight excluding hydrogens is 196 g/mol. The molecule has 0 aliphatic heterocycles. The lowest BCUT2D eigenvalue weighted by Crippen LogP contribution is -1.82. The standard InChI is InChI=1S/C13H22O.C2H6/c1-5-7-8-9-12(3)10-11-13(6-2)14-4;1-2/h6,10-11H,3,5,7-9H2,1-2,4H3;1-2H3/b11-10-,13-6+;. The maximum absolute atomic E-state index is 5.11. The van der Waals surface area contributed by atoms with E-state index < -0.39 is 0 Å². The maximum Gasteiger partial charge on any atom is 0.114 e. The Morgan fingerprint density at radius 3 is 2.25 bits per heavy atom. The van der Waals surface area contributed by atoms with Crippen molar-refractivity contribution >= 4 is 0 Å². The fraction of sp³-hybridized carbons (Fsp3) is 0.600. The second-order valence-electron chi connectivity index (χ2n) is 3.34. The van der Waals surface area contributed by atoms with Gasteiger partial charge < -0.3 is 4.74 Å². The molecule has 1 heteroatoms. The molecule has 0 fully saturated rings. The second kappa shape index (κ2) is 14.0. The van der Waals surface area contributed by atoms with Crippen LogP contribution in [0.3, 0.4) is 0 Å². The van der Waals surface area contributed by atoms with Gasteiger partial charge in [-0.3, -0.25) is 0 Å². The topological polar surface area (TPSA) is 9.23 Å². The van der Waals surface area contributed by atoms with Crippen molar-refractivity contribution < 1.29 is 4.74 Å². The molecule has 94 valence electrons. The van der Waals surface area contributed by atoms with E-state index in [0.717, 1.165) is 12.2 Å². The molecule has 0 aromatic rings. The minimum absolute atomic E-state index is 0.890. The molecule has 0 atom stereocenters. The Morgan fingerprint density at radius 1 is 1.19 bits per heavy atom. The summed E-state index contributed by atoms with van der Waals surface area (Å²) in [6.07, 6.45) is 10.8. The van der Waals surface area contributed by atoms with Gasteiger partial charge in [0.05, 0.1) is 7.11 Å². The first-order valence-corrected chi connectivity index (χ1v) is 6.30. The van der Waals surface area contributed by atoms with Gasteiger partial charge in [-0.15, -0.1) is 0 Å². The molecule has 0 unspecified atom stereocenters. The van der Waals surface area contributed by atoms with E-state index in [-0.39, 0.29) is 0 Å². The third-order valence-corrected chi connectivity index (χ3v) is 2.10. The molecule has 0 amide bonds. The van der Waals surface area contributed by atoms with Gasteiger partial charge >= 0.3 is 0 Å². The average molecular weight is 224 g/mol. The Hall–Kier alpha value is -0.980. The number of methoxy groups -OCH3 is 1. The van der Waals surface area contributed by atoms with Crippen molar-refractivity contribution in [2.24, 2.45) is 0 Å². The highest BCUT2D eigenvalue weighted by Crippen LogP contribution is 2.09. The number of rotatable bonds is 7. The molecule has 0 saturated carbocycles. The molecular formula is C15H28O. The van der Waals surface area contributed by atoms with Crippen molar-refractivity contribution in [1.82, 2.24) is 0 Å². The zero-order valence-corrected chi connectivity index (χ0v) is 11.7. The van der Waals surface area contributed by atoms with Crippen LogP contribution in [0.4, 0.5) is 0 Å². The molecule has 1 nitrogen and oxygen atoms in total. The smallest absolute Gasteiger partial charge is 0.114 e. The number of unbranched alkanes of at least 4 members (excludes halogenated alkanes) is 2. The van der Waals surface area contributed by atoms with Gasteiger partial charge in [-0.2, -0.15) is 0 Å². The van der Waals surface area contributed by atoms with E-state index in [2.05, 4.69) is 13.5 Å². The Bertz CT molecular complexity index is 211. The van der Waals surface area contributed by atoms with Gasteiger partial charge in [0.25, 0.3) is 0 Å². The molecule has 0 aromatic carbocycles. The molecule has 0 heterocycles. The lowest BCUT2D eigenvalue weighted by molar-refractivity contribution is 0.306. The van der Waals surface area contributed by atoms with Crippen molar-refractivity contribution in [2.45, 2.75) is 53.4 Å². The molecule has 16 heavy (non-hydrogen) atoms. The number of hydrogen-bond acceptors (Lipinski definition) is 1. The zero-order valence-electron chi connectivity index (χ0n) is 11.7. The Balaban J connectivity index is 0. The van der Waals surface area contributed by atoms with Gasteiger partial charge in [0, 0.05) is 0 Å². The van der Waals surface area contributed by atoms with Gasteiger partial charge in [0.2, 0.25) is 0 Å². The summed E-state index contributed by atoms with van der Waals surface area (Å²) >= 11 is 0. The lowest BCUT2D eigenvalue weighted by Gasteiger charge is -2.00. The maximum atomic E-state index is 5.11. The second-order valence-corrected chi connectivity index (χ2v) is 3.34. The monoisotopic (exact) mass is 224 g/mol. The fourth-order valence-electron chi connectivity index (χ4n) is 1.17. The lowest BCUT2D eigenvalue weighted by atomic mass is 10.1. The Labute approximate surface area is 102 Å². The molecule has 0 radical (unpaired) electrons. The van der Waals surface area contributed by atoms with E-state index in [0.29, 0.717) is 0 Å². The predicted octanol–water partition coefficient (Wildman–Crippen LogP) is 5.26. The third-order valence-electron chi connectivity index (χ3n) is 2.10. The van der Waals surface area contributed by atoms with Crippen LogP contribution in [-0.4, -0.2) is 7.11 Å². The van der Waals surface area contributed by atoms with Gasteiger partial charge in [-0.05, 0) is 31.9 Å². The van der Waals surface area contributed by atoms with E-state index in [1.54, 1.807) is 7.11 Å². The van der Waals surface area contributed by atoms with Crippen LogP contribution in [0.5, 0.6) is 0 Å². The minimum Gasteiger partial charge on any atom is -0.497 e. The van der Waals surface area contributed by atoms with E-state index >= 15 is 0 Å². The summed E-state index contributed by atoms with van der Waals surface area (Å²) in [4.78, 5) is 0. The van der Waals surface area contributed by atoms with Crippen LogP contribution < -0.4 is 0 Å². The van der Waals surface area contributed by atoms with Crippen LogP contribution in [0.2, 0.25) is 0 Å². The normalized spacial score (nSPS) is 10.9. The summed E-state index contributed by atoms with van der Waals surface area (Å²) in [6, 6.07) is 0. The van der Waals surface area contributed by atoms with Crippen LogP contribution >= 0.6 is 0 Å². The predicted molar refractivity (Wildman–Crippen MR) is 74.5 cm³/mol. The van der Waals surface area contributed by atoms with Gasteiger partial charge in [-0.1, -0.05) is 51.8 Å². The van der Waals surface area contributed by atoms with Gasteiger partial charge in [0.15, 0.2) is 0 Å². The highest BCUT2D eigenvalue weighted by atomic mass is 16.5. The summed E-state index contributed by atoms with van der Waals surface area (Å²) in [7, 11) is 1.68. The summed E-state index contributed by atoms with van der Waals surface area (Å²) < 4.78 is 5.11. The fourth-order valence-corrected chi connectivity index (χ4v) is 1.17. The van der Waals surface area contributed by atoms with E-state index in [9.17, 15) is 0 Å². The van der Waals surface area contributed by atoms with E-state index in [4.69, 9.17) is 4.74 Å². The molecule has 0 rings (SSSR count). The van der Waals surface area contributed by atoms with Crippen LogP contribution in [0.15, 0.2) is 36.1 Å². The summed E-state index contributed by atoms with van der Waals surface area (Å²) in [6.45, 7) is 12.2. The Kier molecular flexibility index (Phi) is 15.3.